The molecule has 108 valence electrons. The number of alkyl halides is 3. The molecule has 0 heterocycles. The van der Waals surface area contributed by atoms with Gasteiger partial charge in [0.1, 0.15) is 0 Å². The minimum absolute atomic E-state index is 0.368. The maximum Gasteiger partial charge on any atom is 0.485 e. The van der Waals surface area contributed by atoms with Crippen LogP contribution >= 0.6 is 0 Å². The molecule has 0 unspecified atom stereocenters. The fraction of sp³-hybridized carbons (Fsp3) is 0.625. The second kappa shape index (κ2) is 6.71. The number of hydrogen-bond acceptors (Lipinski definition) is 5. The van der Waals surface area contributed by atoms with E-state index in [9.17, 15) is 18.0 Å². The summed E-state index contributed by atoms with van der Waals surface area (Å²) in [6, 6.07) is 0. The molecule has 0 fully saturated rings. The van der Waals surface area contributed by atoms with Crippen LogP contribution in [0.2, 0.25) is 0 Å². The van der Waals surface area contributed by atoms with Gasteiger partial charge in [0.05, 0.1) is 21.1 Å². The second-order valence-corrected chi connectivity index (χ2v) is 5.36. The molecule has 0 radical (unpaired) electrons. The average molecular weight is 293 g/mol. The van der Waals surface area contributed by atoms with Gasteiger partial charge < -0.3 is 9.29 Å². The SMILES string of the molecule is C=CC(=O)OC[N+](C)(C)C.O=S(=O)([O-])C(F)(F)F. The number of hydrogen-bond donors (Lipinski definition) is 0. The van der Waals surface area contributed by atoms with Crippen LogP contribution < -0.4 is 0 Å². The van der Waals surface area contributed by atoms with Crippen LogP contribution in [0.5, 0.6) is 0 Å². The lowest BCUT2D eigenvalue weighted by Gasteiger charge is -2.22. The molecule has 10 heteroatoms. The first-order valence-electron chi connectivity index (χ1n) is 4.32. The van der Waals surface area contributed by atoms with Crippen molar-refractivity contribution in [3.63, 3.8) is 0 Å². The number of rotatable bonds is 3. The van der Waals surface area contributed by atoms with Gasteiger partial charge in [0.2, 0.25) is 6.73 Å². The first-order valence-corrected chi connectivity index (χ1v) is 5.73. The molecule has 0 spiro atoms. The summed E-state index contributed by atoms with van der Waals surface area (Å²) in [4.78, 5) is 10.5. The van der Waals surface area contributed by atoms with Crippen LogP contribution in [0.3, 0.4) is 0 Å². The van der Waals surface area contributed by atoms with Crippen molar-refractivity contribution < 1.29 is 40.2 Å². The van der Waals surface area contributed by atoms with Crippen LogP contribution in [-0.4, -0.2) is 56.8 Å². The van der Waals surface area contributed by atoms with Gasteiger partial charge in [-0.2, -0.15) is 13.2 Å². The highest BCUT2D eigenvalue weighted by Gasteiger charge is 2.36. The Labute approximate surface area is 103 Å². The summed E-state index contributed by atoms with van der Waals surface area (Å²) in [5.74, 6) is -0.368. The third kappa shape index (κ3) is 11.4. The number of halogens is 3. The van der Waals surface area contributed by atoms with Crippen LogP contribution in [0.4, 0.5) is 13.2 Å². The molecule has 0 saturated heterocycles. The van der Waals surface area contributed by atoms with E-state index in [1.165, 1.54) is 0 Å². The molecule has 0 aromatic heterocycles. The topological polar surface area (TPSA) is 83.5 Å². The fourth-order valence-electron chi connectivity index (χ4n) is 0.316. The first-order chi connectivity index (χ1) is 7.70. The lowest BCUT2D eigenvalue weighted by atomic mass is 10.6. The molecule has 0 saturated carbocycles. The third-order valence-electron chi connectivity index (χ3n) is 1.04. The summed E-state index contributed by atoms with van der Waals surface area (Å²) in [6.45, 7) is 3.66. The van der Waals surface area contributed by atoms with Gasteiger partial charge in [0.15, 0.2) is 10.1 Å². The van der Waals surface area contributed by atoms with Crippen molar-refractivity contribution in [3.8, 4) is 0 Å². The summed E-state index contributed by atoms with van der Waals surface area (Å²) >= 11 is 0. The quantitative estimate of drug-likeness (QED) is 0.188. The molecule has 18 heavy (non-hydrogen) atoms. The van der Waals surface area contributed by atoms with Crippen LogP contribution in [-0.2, 0) is 19.6 Å². The van der Waals surface area contributed by atoms with Gasteiger partial charge in [0, 0.05) is 6.08 Å². The number of ether oxygens (including phenoxy) is 1. The molecular weight excluding hydrogens is 279 g/mol. The molecule has 0 aliphatic rings. The molecule has 0 bridgehead atoms. The highest BCUT2D eigenvalue weighted by molar-refractivity contribution is 7.86. The summed E-state index contributed by atoms with van der Waals surface area (Å²) in [5, 5.41) is 0. The molecule has 0 amide bonds. The van der Waals surface area contributed by atoms with Crippen molar-refractivity contribution in [1.82, 2.24) is 0 Å². The van der Waals surface area contributed by atoms with E-state index in [0.717, 1.165) is 6.08 Å². The Morgan fingerprint density at radius 3 is 1.89 bits per heavy atom. The molecule has 0 N–H and O–H groups in total. The average Bonchev–Trinajstić information content (AvgIpc) is 2.10. The van der Waals surface area contributed by atoms with Gasteiger partial charge in [0.25, 0.3) is 0 Å². The van der Waals surface area contributed by atoms with E-state index in [0.29, 0.717) is 11.2 Å². The summed E-state index contributed by atoms with van der Waals surface area (Å²) < 4.78 is 64.3. The van der Waals surface area contributed by atoms with Crippen molar-refractivity contribution >= 4 is 16.1 Å². The Bertz CT molecular complexity index is 383. The summed E-state index contributed by atoms with van der Waals surface area (Å²) in [7, 11) is -0.268. The second-order valence-electron chi connectivity index (χ2n) is 3.99. The number of quaternary nitrogens is 1. The Balaban J connectivity index is 0. The summed E-state index contributed by atoms with van der Waals surface area (Å²) in [6.07, 6.45) is 1.16. The zero-order chi connectivity index (χ0) is 15.2. The van der Waals surface area contributed by atoms with Gasteiger partial charge in [-0.25, -0.2) is 13.2 Å². The maximum absolute atomic E-state index is 10.7. The zero-order valence-corrected chi connectivity index (χ0v) is 10.8. The predicted molar refractivity (Wildman–Crippen MR) is 54.9 cm³/mol. The maximum atomic E-state index is 10.7. The fourth-order valence-corrected chi connectivity index (χ4v) is 0.316. The van der Waals surface area contributed by atoms with Crippen molar-refractivity contribution in [3.05, 3.63) is 12.7 Å². The highest BCUT2D eigenvalue weighted by atomic mass is 32.2. The lowest BCUT2D eigenvalue weighted by molar-refractivity contribution is -0.888. The standard InChI is InChI=1S/C7H14NO2.CHF3O3S/c1-5-7(9)10-6-8(2,3)4;2-1(3,4)8(5,6)7/h5H,1,6H2,2-4H3;(H,5,6,7)/q+1;/p-1. The normalized spacial score (nSPS) is 12.2. The van der Waals surface area contributed by atoms with Crippen molar-refractivity contribution in [2.45, 2.75) is 5.51 Å². The number of nitrogens with zero attached hydrogens (tertiary/aromatic N) is 1. The van der Waals surface area contributed by atoms with E-state index < -0.39 is 15.6 Å². The van der Waals surface area contributed by atoms with Crippen molar-refractivity contribution in [1.29, 1.82) is 0 Å². The van der Waals surface area contributed by atoms with E-state index in [-0.39, 0.29) is 5.97 Å². The largest absolute Gasteiger partial charge is 0.741 e. The molecule has 0 atom stereocenters. The van der Waals surface area contributed by atoms with Crippen LogP contribution in [0.1, 0.15) is 0 Å². The molecule has 0 rings (SSSR count). The van der Waals surface area contributed by atoms with Crippen molar-refractivity contribution in [2.24, 2.45) is 0 Å². The highest BCUT2D eigenvalue weighted by Crippen LogP contribution is 2.20. The first kappa shape index (κ1) is 19.2. The van der Waals surface area contributed by atoms with Crippen LogP contribution in [0, 0.1) is 0 Å². The van der Waals surface area contributed by atoms with Crippen molar-refractivity contribution in [2.75, 3.05) is 27.9 Å². The lowest BCUT2D eigenvalue weighted by Crippen LogP contribution is -2.37. The number of carbonyl (C=O) groups is 1. The third-order valence-corrected chi connectivity index (χ3v) is 1.61. The summed E-state index contributed by atoms with van der Waals surface area (Å²) in [5.41, 5.74) is -5.65. The number of esters is 1. The van der Waals surface area contributed by atoms with E-state index in [2.05, 4.69) is 6.58 Å². The Morgan fingerprint density at radius 1 is 1.39 bits per heavy atom. The zero-order valence-electron chi connectivity index (χ0n) is 10.0. The Hall–Kier alpha value is -1.13. The van der Waals surface area contributed by atoms with Crippen LogP contribution in [0.25, 0.3) is 0 Å². The van der Waals surface area contributed by atoms with Gasteiger partial charge >= 0.3 is 11.5 Å². The van der Waals surface area contributed by atoms with E-state index in [1.54, 1.807) is 0 Å². The van der Waals surface area contributed by atoms with E-state index >= 15 is 0 Å². The molecule has 0 aliphatic heterocycles. The minimum Gasteiger partial charge on any atom is -0.741 e. The predicted octanol–water partition coefficient (Wildman–Crippen LogP) is 0.431. The monoisotopic (exact) mass is 293 g/mol. The number of carbonyl (C=O) groups excluding carboxylic acids is 1. The van der Waals surface area contributed by atoms with Gasteiger partial charge in [-0.1, -0.05) is 6.58 Å². The molecule has 0 aromatic rings. The Kier molecular flexibility index (Phi) is 7.16. The van der Waals surface area contributed by atoms with Crippen LogP contribution in [0.15, 0.2) is 12.7 Å². The minimum atomic E-state index is -6.09. The van der Waals surface area contributed by atoms with Gasteiger partial charge in [-0.05, 0) is 0 Å². The van der Waals surface area contributed by atoms with E-state index in [1.807, 2.05) is 21.1 Å². The molecule has 0 aliphatic carbocycles. The molecule has 0 aromatic carbocycles. The Morgan fingerprint density at radius 2 is 1.72 bits per heavy atom. The van der Waals surface area contributed by atoms with Gasteiger partial charge in [-0.3, -0.25) is 4.48 Å². The smallest absolute Gasteiger partial charge is 0.485 e. The molecular formula is C8H14F3NO5S. The van der Waals surface area contributed by atoms with E-state index in [4.69, 9.17) is 17.7 Å². The van der Waals surface area contributed by atoms with Gasteiger partial charge in [-0.15, -0.1) is 0 Å². The molecule has 6 nitrogen and oxygen atoms in total.